The van der Waals surface area contributed by atoms with Gasteiger partial charge in [-0.05, 0) is 25.7 Å². The van der Waals surface area contributed by atoms with Crippen LogP contribution in [-0.2, 0) is 4.79 Å². The van der Waals surface area contributed by atoms with Crippen molar-refractivity contribution in [3.05, 3.63) is 17.5 Å². The van der Waals surface area contributed by atoms with Gasteiger partial charge in [-0.1, -0.05) is 38.3 Å². The molecule has 6 heteroatoms. The van der Waals surface area contributed by atoms with Gasteiger partial charge in [-0.2, -0.15) is 0 Å². The molecule has 3 rings (SSSR count). The molecule has 2 aliphatic rings. The van der Waals surface area contributed by atoms with E-state index in [0.717, 1.165) is 31.4 Å². The Kier molecular flexibility index (Phi) is 5.76. The molecule has 1 saturated carbocycles. The molecule has 2 heterocycles. The van der Waals surface area contributed by atoms with Crippen LogP contribution in [0.15, 0.2) is 10.6 Å². The topological polar surface area (TPSA) is 75.4 Å². The third-order valence-electron chi connectivity index (χ3n) is 5.42. The highest BCUT2D eigenvalue weighted by molar-refractivity contribution is 5.92. The van der Waals surface area contributed by atoms with Crippen molar-refractivity contribution < 1.29 is 14.1 Å². The predicted octanol–water partition coefficient (Wildman–Crippen LogP) is 3.10. The number of amides is 2. The van der Waals surface area contributed by atoms with Gasteiger partial charge in [-0.15, -0.1) is 0 Å². The molecule has 2 fully saturated rings. The molecule has 6 nitrogen and oxygen atoms in total. The Labute approximate surface area is 149 Å². The van der Waals surface area contributed by atoms with Crippen LogP contribution in [0.3, 0.4) is 0 Å². The first-order valence-corrected chi connectivity index (χ1v) is 9.61. The van der Waals surface area contributed by atoms with Gasteiger partial charge in [-0.3, -0.25) is 9.59 Å². The molecular weight excluding hydrogens is 318 g/mol. The summed E-state index contributed by atoms with van der Waals surface area (Å²) in [5, 5.41) is 7.10. The van der Waals surface area contributed by atoms with Gasteiger partial charge >= 0.3 is 0 Å². The van der Waals surface area contributed by atoms with Crippen molar-refractivity contribution in [3.63, 3.8) is 0 Å². The lowest BCUT2D eigenvalue weighted by molar-refractivity contribution is -0.126. The first-order chi connectivity index (χ1) is 12.0. The highest BCUT2D eigenvalue weighted by Crippen LogP contribution is 2.24. The maximum absolute atomic E-state index is 12.5. The third-order valence-corrected chi connectivity index (χ3v) is 5.42. The Balaban J connectivity index is 1.47. The van der Waals surface area contributed by atoms with Gasteiger partial charge in [-0.25, -0.2) is 0 Å². The van der Waals surface area contributed by atoms with E-state index in [1.165, 1.54) is 19.3 Å². The summed E-state index contributed by atoms with van der Waals surface area (Å²) in [4.78, 5) is 26.7. The summed E-state index contributed by atoms with van der Waals surface area (Å²) in [5.41, 5.74) is 0.383. The number of hydrogen-bond acceptors (Lipinski definition) is 4. The van der Waals surface area contributed by atoms with Gasteiger partial charge in [0, 0.05) is 37.0 Å². The van der Waals surface area contributed by atoms with Crippen molar-refractivity contribution in [1.82, 2.24) is 15.4 Å². The van der Waals surface area contributed by atoms with Crippen molar-refractivity contribution in [2.45, 2.75) is 70.8 Å². The number of nitrogens with zero attached hydrogens (tertiary/aromatic N) is 2. The number of nitrogens with one attached hydrogen (secondary N) is 1. The Hall–Kier alpha value is -1.85. The lowest BCUT2D eigenvalue weighted by Gasteiger charge is -2.33. The van der Waals surface area contributed by atoms with Crippen molar-refractivity contribution >= 4 is 11.8 Å². The summed E-state index contributed by atoms with van der Waals surface area (Å²) < 4.78 is 5.22. The highest BCUT2D eigenvalue weighted by Gasteiger charge is 2.28. The zero-order valence-corrected chi connectivity index (χ0v) is 15.3. The van der Waals surface area contributed by atoms with Crippen LogP contribution in [0.2, 0.25) is 0 Å². The van der Waals surface area contributed by atoms with Crippen molar-refractivity contribution in [2.75, 3.05) is 13.1 Å². The fraction of sp³-hybridized carbons (Fsp3) is 0.737. The van der Waals surface area contributed by atoms with E-state index in [0.29, 0.717) is 18.8 Å². The highest BCUT2D eigenvalue weighted by atomic mass is 16.5. The summed E-state index contributed by atoms with van der Waals surface area (Å²) >= 11 is 0. The van der Waals surface area contributed by atoms with Crippen LogP contribution in [-0.4, -0.2) is 41.0 Å². The summed E-state index contributed by atoms with van der Waals surface area (Å²) in [6.45, 7) is 5.32. The molecule has 25 heavy (non-hydrogen) atoms. The Morgan fingerprint density at radius 2 is 1.84 bits per heavy atom. The standard InChI is InChI=1S/C19H29N3O3/c1-13(2)17-12-16(21-25-17)19(24)22-10-8-15(9-11-22)20-18(23)14-6-4-3-5-7-14/h12-15H,3-11H2,1-2H3,(H,20,23). The zero-order chi connectivity index (χ0) is 17.8. The minimum atomic E-state index is -0.0762. The molecule has 138 valence electrons. The summed E-state index contributed by atoms with van der Waals surface area (Å²) in [5.74, 6) is 1.28. The van der Waals surface area contributed by atoms with Crippen molar-refractivity contribution in [3.8, 4) is 0 Å². The van der Waals surface area contributed by atoms with Crippen LogP contribution >= 0.6 is 0 Å². The van der Waals surface area contributed by atoms with E-state index in [1.54, 1.807) is 6.07 Å². The monoisotopic (exact) mass is 347 g/mol. The maximum Gasteiger partial charge on any atom is 0.276 e. The fourth-order valence-corrected chi connectivity index (χ4v) is 3.73. The molecule has 0 aromatic carbocycles. The molecule has 1 saturated heterocycles. The van der Waals surface area contributed by atoms with Crippen LogP contribution in [0.5, 0.6) is 0 Å². The molecule has 2 amide bonds. The molecule has 1 aliphatic carbocycles. The van der Waals surface area contributed by atoms with Gasteiger partial charge in [0.15, 0.2) is 5.69 Å². The number of likely N-dealkylation sites (tertiary alicyclic amines) is 1. The van der Waals surface area contributed by atoms with Crippen LogP contribution in [0.25, 0.3) is 0 Å². The summed E-state index contributed by atoms with van der Waals surface area (Å²) in [6.07, 6.45) is 7.24. The van der Waals surface area contributed by atoms with Crippen LogP contribution in [0, 0.1) is 5.92 Å². The molecule has 1 aliphatic heterocycles. The molecular formula is C19H29N3O3. The van der Waals surface area contributed by atoms with Gasteiger partial charge in [0.1, 0.15) is 5.76 Å². The minimum absolute atomic E-state index is 0.0762. The average molecular weight is 347 g/mol. The van der Waals surface area contributed by atoms with Crippen LogP contribution in [0.4, 0.5) is 0 Å². The summed E-state index contributed by atoms with van der Waals surface area (Å²) in [7, 11) is 0. The molecule has 0 unspecified atom stereocenters. The maximum atomic E-state index is 12.5. The summed E-state index contributed by atoms with van der Waals surface area (Å²) in [6, 6.07) is 1.92. The van der Waals surface area contributed by atoms with Crippen molar-refractivity contribution in [2.24, 2.45) is 5.92 Å². The molecule has 0 spiro atoms. The van der Waals surface area contributed by atoms with E-state index in [1.807, 2.05) is 18.7 Å². The number of hydrogen-bond donors (Lipinski definition) is 1. The average Bonchev–Trinajstić information content (AvgIpc) is 3.13. The largest absolute Gasteiger partial charge is 0.360 e. The van der Waals surface area contributed by atoms with E-state index >= 15 is 0 Å². The number of piperidine rings is 1. The number of rotatable bonds is 4. The SMILES string of the molecule is CC(C)c1cc(C(=O)N2CCC(NC(=O)C3CCCCC3)CC2)no1. The van der Waals surface area contributed by atoms with E-state index in [4.69, 9.17) is 4.52 Å². The second-order valence-corrected chi connectivity index (χ2v) is 7.68. The lowest BCUT2D eigenvalue weighted by atomic mass is 9.88. The first-order valence-electron chi connectivity index (χ1n) is 9.61. The lowest BCUT2D eigenvalue weighted by Crippen LogP contribution is -2.48. The Morgan fingerprint density at radius 1 is 1.16 bits per heavy atom. The number of carbonyl (C=O) groups excluding carboxylic acids is 2. The van der Waals surface area contributed by atoms with Gasteiger partial charge < -0.3 is 14.7 Å². The Morgan fingerprint density at radius 3 is 2.44 bits per heavy atom. The van der Waals surface area contributed by atoms with E-state index in [2.05, 4.69) is 10.5 Å². The second-order valence-electron chi connectivity index (χ2n) is 7.68. The van der Waals surface area contributed by atoms with Gasteiger partial charge in [0.25, 0.3) is 5.91 Å². The molecule has 1 N–H and O–H groups in total. The fourth-order valence-electron chi connectivity index (χ4n) is 3.73. The molecule has 0 bridgehead atoms. The van der Waals surface area contributed by atoms with E-state index in [-0.39, 0.29) is 29.7 Å². The molecule has 0 radical (unpaired) electrons. The number of aromatic nitrogens is 1. The van der Waals surface area contributed by atoms with Crippen LogP contribution in [0.1, 0.15) is 81.0 Å². The minimum Gasteiger partial charge on any atom is -0.360 e. The normalized spacial score (nSPS) is 20.0. The van der Waals surface area contributed by atoms with Crippen molar-refractivity contribution in [1.29, 1.82) is 0 Å². The smallest absolute Gasteiger partial charge is 0.276 e. The number of carbonyl (C=O) groups is 2. The van der Waals surface area contributed by atoms with E-state index in [9.17, 15) is 9.59 Å². The third kappa shape index (κ3) is 4.41. The zero-order valence-electron chi connectivity index (χ0n) is 15.3. The van der Waals surface area contributed by atoms with Gasteiger partial charge in [0.05, 0.1) is 0 Å². The Bertz CT molecular complexity index is 597. The van der Waals surface area contributed by atoms with E-state index < -0.39 is 0 Å². The van der Waals surface area contributed by atoms with Crippen LogP contribution < -0.4 is 5.32 Å². The molecule has 0 atom stereocenters. The molecule has 1 aromatic rings. The predicted molar refractivity (Wildman–Crippen MR) is 94.2 cm³/mol. The second kappa shape index (κ2) is 8.02. The quantitative estimate of drug-likeness (QED) is 0.908. The first kappa shape index (κ1) is 18.0. The molecule has 1 aromatic heterocycles. The van der Waals surface area contributed by atoms with Gasteiger partial charge in [0.2, 0.25) is 5.91 Å².